The van der Waals surface area contributed by atoms with E-state index in [2.05, 4.69) is 10.6 Å². The lowest BCUT2D eigenvalue weighted by Crippen LogP contribution is -2.41. The highest BCUT2D eigenvalue weighted by Gasteiger charge is 2.20. The molecule has 0 aliphatic heterocycles. The average molecular weight is 240 g/mol. The second kappa shape index (κ2) is 6.84. The van der Waals surface area contributed by atoms with Crippen molar-refractivity contribution in [1.29, 1.82) is 0 Å². The van der Waals surface area contributed by atoms with Crippen LogP contribution in [0.4, 0.5) is 4.79 Å². The predicted octanol–water partition coefficient (Wildman–Crippen LogP) is 2.04. The minimum Gasteiger partial charge on any atom is -0.381 e. The summed E-state index contributed by atoms with van der Waals surface area (Å²) in [6, 6.07) is 0.389. The monoisotopic (exact) mass is 240 g/mol. The van der Waals surface area contributed by atoms with E-state index < -0.39 is 0 Å². The Morgan fingerprint density at radius 1 is 1.18 bits per heavy atom. The van der Waals surface area contributed by atoms with Crippen LogP contribution in [0.5, 0.6) is 0 Å². The second-order valence-electron chi connectivity index (χ2n) is 5.25. The predicted molar refractivity (Wildman–Crippen MR) is 67.0 cm³/mol. The lowest BCUT2D eigenvalue weighted by molar-refractivity contribution is 0.122. The maximum absolute atomic E-state index is 11.5. The number of carbonyl (C=O) groups is 1. The van der Waals surface area contributed by atoms with Gasteiger partial charge >= 0.3 is 6.03 Å². The fourth-order valence-corrected chi connectivity index (χ4v) is 2.22. The lowest BCUT2D eigenvalue weighted by atomic mass is 10.2. The topological polar surface area (TPSA) is 50.4 Å². The molecule has 2 aliphatic rings. The third-order valence-electron chi connectivity index (χ3n) is 3.49. The Bertz CT molecular complexity index is 236. The van der Waals surface area contributed by atoms with Gasteiger partial charge < -0.3 is 15.4 Å². The summed E-state index contributed by atoms with van der Waals surface area (Å²) in [6.07, 6.45) is 8.35. The van der Waals surface area contributed by atoms with Crippen molar-refractivity contribution < 1.29 is 9.53 Å². The third-order valence-corrected chi connectivity index (χ3v) is 3.49. The molecule has 0 aromatic heterocycles. The molecule has 2 fully saturated rings. The van der Waals surface area contributed by atoms with Crippen LogP contribution in [0, 0.1) is 5.92 Å². The molecule has 0 radical (unpaired) electrons. The van der Waals surface area contributed by atoms with Gasteiger partial charge in [-0.3, -0.25) is 0 Å². The number of nitrogens with one attached hydrogen (secondary N) is 2. The van der Waals surface area contributed by atoms with E-state index in [0.717, 1.165) is 38.4 Å². The molecule has 0 aromatic carbocycles. The summed E-state index contributed by atoms with van der Waals surface area (Å²) >= 11 is 0. The van der Waals surface area contributed by atoms with Crippen LogP contribution in [0.3, 0.4) is 0 Å². The Kier molecular flexibility index (Phi) is 5.10. The second-order valence-corrected chi connectivity index (χ2v) is 5.25. The summed E-state index contributed by atoms with van der Waals surface area (Å²) in [5.41, 5.74) is 0. The molecule has 0 heterocycles. The molecule has 98 valence electrons. The zero-order valence-electron chi connectivity index (χ0n) is 10.5. The zero-order valence-corrected chi connectivity index (χ0v) is 10.5. The number of rotatable bonds is 7. The van der Waals surface area contributed by atoms with E-state index in [4.69, 9.17) is 4.74 Å². The molecule has 17 heavy (non-hydrogen) atoms. The summed E-state index contributed by atoms with van der Waals surface area (Å²) in [5, 5.41) is 5.89. The summed E-state index contributed by atoms with van der Waals surface area (Å²) in [5.74, 6) is 0.827. The summed E-state index contributed by atoms with van der Waals surface area (Å²) in [4.78, 5) is 11.5. The van der Waals surface area contributed by atoms with E-state index in [1.165, 1.54) is 25.7 Å². The number of hydrogen-bond donors (Lipinski definition) is 2. The van der Waals surface area contributed by atoms with E-state index in [1.807, 2.05) is 0 Å². The smallest absolute Gasteiger partial charge is 0.315 e. The van der Waals surface area contributed by atoms with Gasteiger partial charge in [0.05, 0.1) is 0 Å². The molecule has 2 rings (SSSR count). The van der Waals surface area contributed by atoms with Gasteiger partial charge in [-0.05, 0) is 38.0 Å². The van der Waals surface area contributed by atoms with Crippen molar-refractivity contribution in [1.82, 2.24) is 10.6 Å². The normalized spacial score (nSPS) is 20.5. The fourth-order valence-electron chi connectivity index (χ4n) is 2.22. The molecule has 0 aromatic rings. The SMILES string of the molecule is O=C(NCCCOCC1CC1)NC1CCCC1. The molecule has 0 bridgehead atoms. The first-order chi connectivity index (χ1) is 8.34. The van der Waals surface area contributed by atoms with E-state index in [9.17, 15) is 4.79 Å². The number of ether oxygens (including phenoxy) is 1. The first-order valence-corrected chi connectivity index (χ1v) is 6.96. The number of carbonyl (C=O) groups excluding carboxylic acids is 1. The van der Waals surface area contributed by atoms with E-state index in [0.29, 0.717) is 12.6 Å². The summed E-state index contributed by atoms with van der Waals surface area (Å²) < 4.78 is 5.50. The average Bonchev–Trinajstić information content (AvgIpc) is 3.00. The van der Waals surface area contributed by atoms with Crippen molar-refractivity contribution in [3.05, 3.63) is 0 Å². The van der Waals surface area contributed by atoms with Crippen molar-refractivity contribution in [2.45, 2.75) is 51.0 Å². The van der Waals surface area contributed by atoms with E-state index in [1.54, 1.807) is 0 Å². The van der Waals surface area contributed by atoms with E-state index >= 15 is 0 Å². The third kappa shape index (κ3) is 5.39. The standard InChI is InChI=1S/C13H24N2O2/c16-13(15-12-4-1-2-5-12)14-8-3-9-17-10-11-6-7-11/h11-12H,1-10H2,(H2,14,15,16). The molecule has 2 N–H and O–H groups in total. The van der Waals surface area contributed by atoms with Crippen molar-refractivity contribution in [2.75, 3.05) is 19.8 Å². The first kappa shape index (κ1) is 12.7. The molecule has 0 unspecified atom stereocenters. The van der Waals surface area contributed by atoms with Crippen LogP contribution in [0.15, 0.2) is 0 Å². The molecule has 2 aliphatic carbocycles. The number of amides is 2. The van der Waals surface area contributed by atoms with Crippen LogP contribution in [0.1, 0.15) is 44.9 Å². The molecule has 0 atom stereocenters. The van der Waals surface area contributed by atoms with Crippen LogP contribution in [-0.2, 0) is 4.74 Å². The van der Waals surface area contributed by atoms with Gasteiger partial charge in [0, 0.05) is 25.8 Å². The van der Waals surface area contributed by atoms with Crippen LogP contribution < -0.4 is 10.6 Å². The number of hydrogen-bond acceptors (Lipinski definition) is 2. The van der Waals surface area contributed by atoms with Crippen LogP contribution in [0.2, 0.25) is 0 Å². The Hall–Kier alpha value is -0.770. The molecule has 2 amide bonds. The summed E-state index contributed by atoms with van der Waals surface area (Å²) in [6.45, 7) is 2.39. The van der Waals surface area contributed by atoms with Gasteiger partial charge in [0.25, 0.3) is 0 Å². The van der Waals surface area contributed by atoms with Crippen LogP contribution in [0.25, 0.3) is 0 Å². The Morgan fingerprint density at radius 2 is 1.94 bits per heavy atom. The van der Waals surface area contributed by atoms with Crippen molar-refractivity contribution in [2.24, 2.45) is 5.92 Å². The minimum atomic E-state index is -0.0147. The van der Waals surface area contributed by atoms with Gasteiger partial charge in [-0.25, -0.2) is 4.79 Å². The molecule has 0 spiro atoms. The Labute approximate surface area is 103 Å². The molecular formula is C13H24N2O2. The highest BCUT2D eigenvalue weighted by molar-refractivity contribution is 5.74. The maximum atomic E-state index is 11.5. The van der Waals surface area contributed by atoms with Gasteiger partial charge in [0.1, 0.15) is 0 Å². The largest absolute Gasteiger partial charge is 0.381 e. The Morgan fingerprint density at radius 3 is 2.65 bits per heavy atom. The molecule has 2 saturated carbocycles. The lowest BCUT2D eigenvalue weighted by Gasteiger charge is -2.12. The molecule has 4 nitrogen and oxygen atoms in total. The van der Waals surface area contributed by atoms with Gasteiger partial charge in [-0.15, -0.1) is 0 Å². The van der Waals surface area contributed by atoms with Crippen molar-refractivity contribution in [3.8, 4) is 0 Å². The molecule has 0 saturated heterocycles. The number of urea groups is 1. The van der Waals surface area contributed by atoms with Crippen molar-refractivity contribution in [3.63, 3.8) is 0 Å². The maximum Gasteiger partial charge on any atom is 0.315 e. The molecular weight excluding hydrogens is 216 g/mol. The van der Waals surface area contributed by atoms with Crippen LogP contribution in [-0.4, -0.2) is 31.8 Å². The van der Waals surface area contributed by atoms with Gasteiger partial charge in [0.2, 0.25) is 0 Å². The highest BCUT2D eigenvalue weighted by Crippen LogP contribution is 2.28. The molecule has 4 heteroatoms. The first-order valence-electron chi connectivity index (χ1n) is 6.96. The Balaban J connectivity index is 1.39. The van der Waals surface area contributed by atoms with Gasteiger partial charge in [-0.2, -0.15) is 0 Å². The van der Waals surface area contributed by atoms with Gasteiger partial charge in [0.15, 0.2) is 0 Å². The van der Waals surface area contributed by atoms with Crippen LogP contribution >= 0.6 is 0 Å². The summed E-state index contributed by atoms with van der Waals surface area (Å²) in [7, 11) is 0. The van der Waals surface area contributed by atoms with Gasteiger partial charge in [-0.1, -0.05) is 12.8 Å². The van der Waals surface area contributed by atoms with E-state index in [-0.39, 0.29) is 6.03 Å². The fraction of sp³-hybridized carbons (Fsp3) is 0.923. The van der Waals surface area contributed by atoms with Crippen molar-refractivity contribution >= 4 is 6.03 Å². The quantitative estimate of drug-likeness (QED) is 0.669. The zero-order chi connectivity index (χ0) is 11.9. The minimum absolute atomic E-state index is 0.0147. The highest BCUT2D eigenvalue weighted by atomic mass is 16.5.